The van der Waals surface area contributed by atoms with Crippen molar-refractivity contribution in [1.29, 1.82) is 0 Å². The molecule has 0 aliphatic carbocycles. The Morgan fingerprint density at radius 2 is 2.00 bits per heavy atom. The largest absolute Gasteiger partial charge is 0.478 e. The Morgan fingerprint density at radius 3 is 2.63 bits per heavy atom. The first kappa shape index (κ1) is 18.0. The average molecular weight is 372 g/mol. The van der Waals surface area contributed by atoms with Gasteiger partial charge in [-0.1, -0.05) is 0 Å². The van der Waals surface area contributed by atoms with E-state index in [4.69, 9.17) is 5.11 Å². The normalized spacial score (nSPS) is 13.9. The highest BCUT2D eigenvalue weighted by molar-refractivity contribution is 6.07. The van der Waals surface area contributed by atoms with Gasteiger partial charge in [-0.2, -0.15) is 0 Å². The Balaban J connectivity index is 1.79. The molecule has 0 saturated carbocycles. The molecular formula is C17H13FN4O5. The predicted octanol–water partition coefficient (Wildman–Crippen LogP) is 1.62. The summed E-state index contributed by atoms with van der Waals surface area (Å²) in [6.45, 7) is 0.0111. The van der Waals surface area contributed by atoms with E-state index >= 15 is 0 Å². The summed E-state index contributed by atoms with van der Waals surface area (Å²) in [5, 5.41) is 13.4. The van der Waals surface area contributed by atoms with E-state index in [1.807, 2.05) is 0 Å². The van der Waals surface area contributed by atoms with Gasteiger partial charge in [0.1, 0.15) is 11.5 Å². The molecule has 3 N–H and O–H groups in total. The van der Waals surface area contributed by atoms with Crippen LogP contribution >= 0.6 is 0 Å². The van der Waals surface area contributed by atoms with Crippen LogP contribution in [0, 0.1) is 5.82 Å². The van der Waals surface area contributed by atoms with Crippen LogP contribution in [0.1, 0.15) is 27.3 Å². The summed E-state index contributed by atoms with van der Waals surface area (Å²) in [5.74, 6) is -2.95. The second kappa shape index (κ2) is 7.20. The second-order valence-corrected chi connectivity index (χ2v) is 5.61. The fraction of sp³-hybridized carbons (Fsp3) is 0.118. The first-order chi connectivity index (χ1) is 12.8. The quantitative estimate of drug-likeness (QED) is 0.748. The van der Waals surface area contributed by atoms with Crippen molar-refractivity contribution < 1.29 is 28.7 Å². The van der Waals surface area contributed by atoms with Gasteiger partial charge in [0.25, 0.3) is 5.91 Å². The van der Waals surface area contributed by atoms with Gasteiger partial charge < -0.3 is 10.4 Å². The van der Waals surface area contributed by atoms with Crippen LogP contribution in [-0.2, 0) is 4.79 Å². The minimum absolute atomic E-state index is 0.0111. The lowest BCUT2D eigenvalue weighted by Gasteiger charge is -2.27. The number of hydrogen-bond acceptors (Lipinski definition) is 5. The molecular weight excluding hydrogens is 359 g/mol. The molecule has 9 nitrogen and oxygen atoms in total. The van der Waals surface area contributed by atoms with Crippen molar-refractivity contribution in [1.82, 2.24) is 10.3 Å². The summed E-state index contributed by atoms with van der Waals surface area (Å²) in [6, 6.07) is 5.36. The molecule has 1 aliphatic rings. The molecule has 2 aromatic rings. The van der Waals surface area contributed by atoms with Crippen molar-refractivity contribution in [2.75, 3.05) is 16.8 Å². The standard InChI is InChI=1S/C17H13FN4O5/c18-11-3-2-10(7-13(11)22-6-5-14(23)21-17(22)27)20-15(24)12-4-1-9(8-19-12)16(25)26/h1-4,7-8H,5-6H2,(H,20,24)(H,25,26)(H,21,23,27). The van der Waals surface area contributed by atoms with Gasteiger partial charge in [0.05, 0.1) is 11.3 Å². The van der Waals surface area contributed by atoms with Crippen LogP contribution in [0.5, 0.6) is 0 Å². The molecule has 10 heteroatoms. The number of nitrogens with one attached hydrogen (secondary N) is 2. The lowest BCUT2D eigenvalue weighted by Crippen LogP contribution is -2.49. The van der Waals surface area contributed by atoms with E-state index < -0.39 is 29.6 Å². The van der Waals surface area contributed by atoms with E-state index in [1.54, 1.807) is 0 Å². The highest BCUT2D eigenvalue weighted by Crippen LogP contribution is 2.25. The minimum Gasteiger partial charge on any atom is -0.478 e. The molecule has 138 valence electrons. The van der Waals surface area contributed by atoms with Crippen LogP contribution in [0.3, 0.4) is 0 Å². The number of imide groups is 1. The number of carbonyl (C=O) groups is 4. The van der Waals surface area contributed by atoms with Crippen LogP contribution in [0.2, 0.25) is 0 Å². The highest BCUT2D eigenvalue weighted by atomic mass is 19.1. The zero-order valence-electron chi connectivity index (χ0n) is 13.7. The number of carboxylic acids is 1. The molecule has 0 unspecified atom stereocenters. The van der Waals surface area contributed by atoms with E-state index in [-0.39, 0.29) is 35.6 Å². The van der Waals surface area contributed by atoms with E-state index in [0.29, 0.717) is 0 Å². The number of halogens is 1. The maximum atomic E-state index is 14.1. The number of amides is 4. The third-order valence-electron chi connectivity index (χ3n) is 3.79. The highest BCUT2D eigenvalue weighted by Gasteiger charge is 2.26. The summed E-state index contributed by atoms with van der Waals surface area (Å²) in [6.07, 6.45) is 1.07. The number of aromatic nitrogens is 1. The van der Waals surface area contributed by atoms with Gasteiger partial charge in [0, 0.05) is 24.8 Å². The number of aromatic carboxylic acids is 1. The molecule has 1 aliphatic heterocycles. The summed E-state index contributed by atoms with van der Waals surface area (Å²) in [5.41, 5.74) is 0.00524. The van der Waals surface area contributed by atoms with E-state index in [1.165, 1.54) is 24.3 Å². The van der Waals surface area contributed by atoms with Crippen molar-refractivity contribution in [2.45, 2.75) is 6.42 Å². The zero-order chi connectivity index (χ0) is 19.6. The van der Waals surface area contributed by atoms with Crippen LogP contribution in [0.15, 0.2) is 36.5 Å². The third kappa shape index (κ3) is 3.89. The Labute approximate surface area is 151 Å². The molecule has 0 radical (unpaired) electrons. The first-order valence-corrected chi connectivity index (χ1v) is 7.77. The van der Waals surface area contributed by atoms with Crippen molar-refractivity contribution in [2.24, 2.45) is 0 Å². The summed E-state index contributed by atoms with van der Waals surface area (Å²) < 4.78 is 14.1. The number of rotatable bonds is 4. The Kier molecular flexibility index (Phi) is 4.79. The van der Waals surface area contributed by atoms with Gasteiger partial charge in [-0.25, -0.2) is 14.0 Å². The Bertz CT molecular complexity index is 945. The first-order valence-electron chi connectivity index (χ1n) is 7.77. The van der Waals surface area contributed by atoms with Gasteiger partial charge in [-0.05, 0) is 30.3 Å². The Morgan fingerprint density at radius 1 is 1.22 bits per heavy atom. The van der Waals surface area contributed by atoms with Crippen LogP contribution in [-0.4, -0.2) is 40.5 Å². The second-order valence-electron chi connectivity index (χ2n) is 5.61. The van der Waals surface area contributed by atoms with E-state index in [0.717, 1.165) is 17.2 Å². The molecule has 4 amide bonds. The number of carbonyl (C=O) groups excluding carboxylic acids is 3. The van der Waals surface area contributed by atoms with Gasteiger partial charge in [0.2, 0.25) is 5.91 Å². The molecule has 1 aromatic heterocycles. The van der Waals surface area contributed by atoms with Gasteiger partial charge >= 0.3 is 12.0 Å². The molecule has 27 heavy (non-hydrogen) atoms. The van der Waals surface area contributed by atoms with Crippen molar-refractivity contribution in [3.63, 3.8) is 0 Å². The number of benzene rings is 1. The smallest absolute Gasteiger partial charge is 0.337 e. The number of hydrogen-bond donors (Lipinski definition) is 3. The number of carboxylic acid groups (broad SMARTS) is 1. The molecule has 3 rings (SSSR count). The number of anilines is 2. The van der Waals surface area contributed by atoms with Crippen LogP contribution < -0.4 is 15.5 Å². The minimum atomic E-state index is -1.17. The SMILES string of the molecule is O=C1CCN(c2cc(NC(=O)c3ccc(C(=O)O)cn3)ccc2F)C(=O)N1. The lowest BCUT2D eigenvalue weighted by atomic mass is 10.2. The van der Waals surface area contributed by atoms with Crippen LogP contribution in [0.25, 0.3) is 0 Å². The topological polar surface area (TPSA) is 129 Å². The number of urea groups is 1. The molecule has 1 saturated heterocycles. The van der Waals surface area contributed by atoms with Crippen molar-refractivity contribution >= 4 is 35.2 Å². The van der Waals surface area contributed by atoms with E-state index in [2.05, 4.69) is 15.6 Å². The monoisotopic (exact) mass is 372 g/mol. The zero-order valence-corrected chi connectivity index (χ0v) is 13.7. The summed E-state index contributed by atoms with van der Waals surface area (Å²) in [7, 11) is 0. The maximum Gasteiger partial charge on any atom is 0.337 e. The summed E-state index contributed by atoms with van der Waals surface area (Å²) >= 11 is 0. The van der Waals surface area contributed by atoms with Gasteiger partial charge in [-0.3, -0.25) is 24.8 Å². The fourth-order valence-electron chi connectivity index (χ4n) is 2.44. The van der Waals surface area contributed by atoms with Crippen LogP contribution in [0.4, 0.5) is 20.6 Å². The maximum absolute atomic E-state index is 14.1. The predicted molar refractivity (Wildman–Crippen MR) is 91.1 cm³/mol. The third-order valence-corrected chi connectivity index (χ3v) is 3.79. The molecule has 1 fully saturated rings. The number of nitrogens with zero attached hydrogens (tertiary/aromatic N) is 2. The lowest BCUT2D eigenvalue weighted by molar-refractivity contribution is -0.120. The molecule has 0 spiro atoms. The van der Waals surface area contributed by atoms with Crippen molar-refractivity contribution in [3.05, 3.63) is 53.6 Å². The molecule has 0 bridgehead atoms. The molecule has 0 atom stereocenters. The number of pyridine rings is 1. The summed E-state index contributed by atoms with van der Waals surface area (Å²) in [4.78, 5) is 51.0. The van der Waals surface area contributed by atoms with Crippen molar-refractivity contribution in [3.8, 4) is 0 Å². The van der Waals surface area contributed by atoms with E-state index in [9.17, 15) is 23.6 Å². The van der Waals surface area contributed by atoms with Gasteiger partial charge in [-0.15, -0.1) is 0 Å². The molecule has 1 aromatic carbocycles. The van der Waals surface area contributed by atoms with Gasteiger partial charge in [0.15, 0.2) is 0 Å². The average Bonchev–Trinajstić information content (AvgIpc) is 2.63. The Hall–Kier alpha value is -3.82. The molecule has 2 heterocycles. The fourth-order valence-corrected chi connectivity index (χ4v) is 2.44.